The van der Waals surface area contributed by atoms with E-state index in [4.69, 9.17) is 10.2 Å². The van der Waals surface area contributed by atoms with Crippen LogP contribution in [-0.4, -0.2) is 37.1 Å². The van der Waals surface area contributed by atoms with Crippen LogP contribution in [0.1, 0.15) is 0 Å². The first-order valence-corrected chi connectivity index (χ1v) is 4.56. The number of carbonyl (C=O) groups is 1. The van der Waals surface area contributed by atoms with E-state index in [1.165, 1.54) is 4.90 Å². The number of piperazine rings is 1. The van der Waals surface area contributed by atoms with E-state index in [0.29, 0.717) is 13.1 Å². The largest absolute Gasteiger partial charge is 0.449 e. The Labute approximate surface area is 82.1 Å². The maximum absolute atomic E-state index is 10.7. The van der Waals surface area contributed by atoms with Crippen molar-refractivity contribution in [3.63, 3.8) is 0 Å². The van der Waals surface area contributed by atoms with Gasteiger partial charge in [-0.1, -0.05) is 0 Å². The molecule has 1 saturated heterocycles. The van der Waals surface area contributed by atoms with Gasteiger partial charge in [0.1, 0.15) is 0 Å². The second kappa shape index (κ2) is 3.61. The Balaban J connectivity index is 1.93. The zero-order valence-electron chi connectivity index (χ0n) is 7.77. The third-order valence-electron chi connectivity index (χ3n) is 2.38. The monoisotopic (exact) mass is 194 g/mol. The van der Waals surface area contributed by atoms with Crippen LogP contribution in [0, 0.1) is 0 Å². The van der Waals surface area contributed by atoms with Crippen LogP contribution >= 0.6 is 0 Å². The van der Waals surface area contributed by atoms with E-state index in [-0.39, 0.29) is 0 Å². The molecule has 5 nitrogen and oxygen atoms in total. The van der Waals surface area contributed by atoms with Crippen LogP contribution in [0.2, 0.25) is 0 Å². The van der Waals surface area contributed by atoms with Crippen molar-refractivity contribution in [1.29, 1.82) is 0 Å². The molecule has 0 unspecified atom stereocenters. The maximum Gasteiger partial charge on any atom is 0.336 e. The summed E-state index contributed by atoms with van der Waals surface area (Å²) in [5, 5.41) is 0. The molecule has 0 spiro atoms. The van der Waals surface area contributed by atoms with E-state index in [2.05, 4.69) is 4.90 Å². The van der Waals surface area contributed by atoms with Gasteiger partial charge in [-0.05, 0) is 6.07 Å². The fraction of sp³-hybridized carbons (Fsp3) is 0.444. The van der Waals surface area contributed by atoms with Crippen LogP contribution < -0.4 is 10.6 Å². The van der Waals surface area contributed by atoms with Crippen LogP contribution in [0.4, 0.5) is 10.7 Å². The van der Waals surface area contributed by atoms with Gasteiger partial charge in [0.25, 0.3) is 0 Å². The second-order valence-corrected chi connectivity index (χ2v) is 3.23. The lowest BCUT2D eigenvalue weighted by Gasteiger charge is -2.33. The molecular formula is C9H12N3O2. The number of rotatable bonds is 1. The molecule has 5 heteroatoms. The molecule has 0 aromatic carbocycles. The lowest BCUT2D eigenvalue weighted by molar-refractivity contribution is 0.201. The molecule has 14 heavy (non-hydrogen) atoms. The van der Waals surface area contributed by atoms with Crippen LogP contribution in [0.5, 0.6) is 0 Å². The number of urea groups is 1. The number of amides is 2. The van der Waals surface area contributed by atoms with Crippen molar-refractivity contribution in [1.82, 2.24) is 10.6 Å². The third-order valence-corrected chi connectivity index (χ3v) is 2.38. The molecule has 0 atom stereocenters. The summed E-state index contributed by atoms with van der Waals surface area (Å²) in [6.07, 6.45) is 1.64. The summed E-state index contributed by atoms with van der Waals surface area (Å²) in [6.45, 7) is 2.67. The highest BCUT2D eigenvalue weighted by molar-refractivity contribution is 5.71. The van der Waals surface area contributed by atoms with E-state index >= 15 is 0 Å². The van der Waals surface area contributed by atoms with Crippen molar-refractivity contribution in [2.75, 3.05) is 31.1 Å². The molecule has 0 saturated carbocycles. The number of nitrogens with one attached hydrogen (secondary N) is 1. The van der Waals surface area contributed by atoms with Gasteiger partial charge < -0.3 is 14.2 Å². The maximum atomic E-state index is 10.7. The Bertz CT molecular complexity index is 302. The van der Waals surface area contributed by atoms with E-state index in [1.54, 1.807) is 6.26 Å². The van der Waals surface area contributed by atoms with Crippen molar-refractivity contribution in [3.8, 4) is 0 Å². The summed E-state index contributed by atoms with van der Waals surface area (Å²) in [5.41, 5.74) is 6.96. The summed E-state index contributed by atoms with van der Waals surface area (Å²) in [5.74, 6) is 0.835. The minimum absolute atomic E-state index is 0.593. The molecule has 1 aliphatic heterocycles. The first-order chi connectivity index (χ1) is 6.77. The van der Waals surface area contributed by atoms with E-state index in [9.17, 15) is 4.79 Å². The molecule has 0 bridgehead atoms. The van der Waals surface area contributed by atoms with E-state index < -0.39 is 6.03 Å². The van der Waals surface area contributed by atoms with Gasteiger partial charge in [-0.25, -0.2) is 10.5 Å². The van der Waals surface area contributed by atoms with Crippen molar-refractivity contribution >= 4 is 11.9 Å². The summed E-state index contributed by atoms with van der Waals surface area (Å²) in [7, 11) is 0. The Morgan fingerprint density at radius 1 is 1.36 bits per heavy atom. The van der Waals surface area contributed by atoms with Crippen LogP contribution in [0.25, 0.3) is 0 Å². The van der Waals surface area contributed by atoms with Crippen LogP contribution in [0.15, 0.2) is 22.8 Å². The predicted octanol–water partition coefficient (Wildman–Crippen LogP) is 0.804. The van der Waals surface area contributed by atoms with Gasteiger partial charge >= 0.3 is 6.03 Å². The highest BCUT2D eigenvalue weighted by Gasteiger charge is 2.20. The molecule has 1 radical (unpaired) electrons. The topological polar surface area (TPSA) is 60.5 Å². The molecule has 1 fully saturated rings. The molecule has 2 amide bonds. The van der Waals surface area contributed by atoms with Crippen LogP contribution in [-0.2, 0) is 0 Å². The molecule has 2 rings (SSSR count). The lowest BCUT2D eigenvalue weighted by Crippen LogP contribution is -2.48. The number of carbonyl (C=O) groups excluding carboxylic acids is 1. The van der Waals surface area contributed by atoms with Crippen molar-refractivity contribution in [3.05, 3.63) is 18.4 Å². The number of hydrogen-bond donors (Lipinski definition) is 0. The zero-order chi connectivity index (χ0) is 9.97. The van der Waals surface area contributed by atoms with Crippen molar-refractivity contribution < 1.29 is 9.21 Å². The molecule has 1 aromatic heterocycles. The number of furan rings is 1. The van der Waals surface area contributed by atoms with Crippen LogP contribution in [0.3, 0.4) is 0 Å². The predicted molar refractivity (Wildman–Crippen MR) is 51.0 cm³/mol. The summed E-state index contributed by atoms with van der Waals surface area (Å²) in [6, 6.07) is 3.15. The summed E-state index contributed by atoms with van der Waals surface area (Å²) in [4.78, 5) is 14.3. The van der Waals surface area contributed by atoms with Crippen molar-refractivity contribution in [2.45, 2.75) is 0 Å². The molecule has 0 aliphatic carbocycles. The third kappa shape index (κ3) is 1.66. The molecule has 1 aromatic rings. The Hall–Kier alpha value is -1.65. The standard InChI is InChI=1S/C9H12N3O2/c10-9(13)12-5-3-11(4-6-12)8-2-1-7-14-8/h1-2,7,10H,3-6H2. The Morgan fingerprint density at radius 2 is 2.07 bits per heavy atom. The number of hydrogen-bond acceptors (Lipinski definition) is 3. The average molecular weight is 194 g/mol. The fourth-order valence-corrected chi connectivity index (χ4v) is 1.58. The molecule has 2 heterocycles. The van der Waals surface area contributed by atoms with Gasteiger partial charge in [-0.15, -0.1) is 0 Å². The first-order valence-electron chi connectivity index (χ1n) is 4.56. The van der Waals surface area contributed by atoms with Gasteiger partial charge in [0.05, 0.1) is 6.26 Å². The van der Waals surface area contributed by atoms with Gasteiger partial charge in [-0.3, -0.25) is 0 Å². The van der Waals surface area contributed by atoms with Gasteiger partial charge in [0.2, 0.25) is 0 Å². The molecule has 75 valence electrons. The highest BCUT2D eigenvalue weighted by Crippen LogP contribution is 2.16. The molecule has 1 N–H and O–H groups in total. The Kier molecular flexibility index (Phi) is 2.30. The molecular weight excluding hydrogens is 182 g/mol. The number of nitrogens with zero attached hydrogens (tertiary/aromatic N) is 2. The molecule has 1 aliphatic rings. The SMILES string of the molecule is [NH]C(=O)N1CCN(c2ccco2)CC1. The van der Waals surface area contributed by atoms with Gasteiger partial charge in [-0.2, -0.15) is 0 Å². The second-order valence-electron chi connectivity index (χ2n) is 3.23. The summed E-state index contributed by atoms with van der Waals surface area (Å²) >= 11 is 0. The van der Waals surface area contributed by atoms with Crippen molar-refractivity contribution in [2.24, 2.45) is 0 Å². The van der Waals surface area contributed by atoms with E-state index in [1.807, 2.05) is 12.1 Å². The smallest absolute Gasteiger partial charge is 0.336 e. The minimum atomic E-state index is -0.593. The normalized spacial score (nSPS) is 17.1. The summed E-state index contributed by atoms with van der Waals surface area (Å²) < 4.78 is 5.24. The van der Waals surface area contributed by atoms with E-state index in [0.717, 1.165) is 19.0 Å². The van der Waals surface area contributed by atoms with Gasteiger partial charge in [0, 0.05) is 32.2 Å². The number of anilines is 1. The highest BCUT2D eigenvalue weighted by atomic mass is 16.3. The average Bonchev–Trinajstić information content (AvgIpc) is 2.71. The zero-order valence-corrected chi connectivity index (χ0v) is 7.77. The van der Waals surface area contributed by atoms with Gasteiger partial charge in [0.15, 0.2) is 5.88 Å². The first kappa shape index (κ1) is 8.93. The quantitative estimate of drug-likeness (QED) is 0.664. The Morgan fingerprint density at radius 3 is 2.57 bits per heavy atom. The minimum Gasteiger partial charge on any atom is -0.449 e. The lowest BCUT2D eigenvalue weighted by atomic mass is 10.3. The fourth-order valence-electron chi connectivity index (χ4n) is 1.58.